The molecule has 2 aromatic carbocycles. The average Bonchev–Trinajstić information content (AvgIpc) is 2.71. The maximum absolute atomic E-state index is 12.4. The summed E-state index contributed by atoms with van der Waals surface area (Å²) in [6.45, 7) is 0. The van der Waals surface area contributed by atoms with Crippen molar-refractivity contribution in [1.82, 2.24) is 4.98 Å². The second kappa shape index (κ2) is 9.25. The molecule has 9 nitrogen and oxygen atoms in total. The topological polar surface area (TPSA) is 134 Å². The number of carbonyl (C=O) groups excluding carboxylic acids is 1. The van der Waals surface area contributed by atoms with E-state index in [2.05, 4.69) is 15.6 Å². The van der Waals surface area contributed by atoms with Crippen molar-refractivity contribution in [2.45, 2.75) is 9.79 Å². The summed E-state index contributed by atoms with van der Waals surface area (Å²) >= 11 is 6.87. The molecule has 3 aromatic rings. The number of aromatic nitrogens is 1. The molecule has 0 unspecified atom stereocenters. The SMILES string of the molecule is O=C(O)Nc1ccc(Sc2ccc(C(=O)Nc3ccc(Cl)cn3)cc2[N+](=O)[O-])cc1. The van der Waals surface area contributed by atoms with Gasteiger partial charge in [0.15, 0.2) is 0 Å². The molecular weight excluding hydrogens is 432 g/mol. The zero-order chi connectivity index (χ0) is 21.7. The highest BCUT2D eigenvalue weighted by Gasteiger charge is 2.19. The van der Waals surface area contributed by atoms with E-state index in [1.807, 2.05) is 0 Å². The van der Waals surface area contributed by atoms with Crippen LogP contribution in [0.3, 0.4) is 0 Å². The molecule has 0 aliphatic rings. The quantitative estimate of drug-likeness (QED) is 0.354. The van der Waals surface area contributed by atoms with Crippen LogP contribution in [0.5, 0.6) is 0 Å². The summed E-state index contributed by atoms with van der Waals surface area (Å²) in [6, 6.07) is 13.6. The molecule has 3 rings (SSSR count). The Morgan fingerprint density at radius 3 is 2.40 bits per heavy atom. The van der Waals surface area contributed by atoms with Gasteiger partial charge in [0.2, 0.25) is 0 Å². The predicted octanol–water partition coefficient (Wildman–Crippen LogP) is 5.14. The predicted molar refractivity (Wildman–Crippen MR) is 113 cm³/mol. The molecule has 2 amide bonds. The minimum Gasteiger partial charge on any atom is -0.465 e. The lowest BCUT2D eigenvalue weighted by Crippen LogP contribution is -2.13. The van der Waals surface area contributed by atoms with Gasteiger partial charge in [-0.05, 0) is 48.5 Å². The van der Waals surface area contributed by atoms with Gasteiger partial charge in [-0.15, -0.1) is 0 Å². The first-order chi connectivity index (χ1) is 14.3. The molecule has 0 bridgehead atoms. The van der Waals surface area contributed by atoms with Crippen LogP contribution in [0.15, 0.2) is 70.6 Å². The van der Waals surface area contributed by atoms with Gasteiger partial charge in [0.05, 0.1) is 14.8 Å². The Bertz CT molecular complexity index is 1110. The number of carbonyl (C=O) groups is 2. The number of rotatable bonds is 6. The summed E-state index contributed by atoms with van der Waals surface area (Å²) in [4.78, 5) is 38.9. The van der Waals surface area contributed by atoms with Gasteiger partial charge in [-0.3, -0.25) is 20.2 Å². The summed E-state index contributed by atoms with van der Waals surface area (Å²) in [5.41, 5.74) is 0.248. The summed E-state index contributed by atoms with van der Waals surface area (Å²) < 4.78 is 0. The van der Waals surface area contributed by atoms with Crippen molar-refractivity contribution >= 4 is 52.6 Å². The molecule has 0 spiro atoms. The number of nitro groups is 1. The number of hydrogen-bond donors (Lipinski definition) is 3. The fraction of sp³-hybridized carbons (Fsp3) is 0. The number of pyridine rings is 1. The highest BCUT2D eigenvalue weighted by atomic mass is 35.5. The minimum absolute atomic E-state index is 0.101. The van der Waals surface area contributed by atoms with E-state index in [1.54, 1.807) is 30.3 Å². The van der Waals surface area contributed by atoms with E-state index in [9.17, 15) is 19.7 Å². The maximum atomic E-state index is 12.4. The molecule has 0 atom stereocenters. The van der Waals surface area contributed by atoms with Gasteiger partial charge in [-0.1, -0.05) is 23.4 Å². The van der Waals surface area contributed by atoms with Crippen LogP contribution in [0.2, 0.25) is 5.02 Å². The molecule has 30 heavy (non-hydrogen) atoms. The lowest BCUT2D eigenvalue weighted by Gasteiger charge is -2.08. The Kier molecular flexibility index (Phi) is 6.50. The Labute approximate surface area is 179 Å². The molecule has 0 aliphatic heterocycles. The van der Waals surface area contributed by atoms with Crippen molar-refractivity contribution < 1.29 is 19.6 Å². The van der Waals surface area contributed by atoms with Crippen LogP contribution in [-0.4, -0.2) is 27.0 Å². The number of amides is 2. The van der Waals surface area contributed by atoms with Crippen molar-refractivity contribution in [2.75, 3.05) is 10.6 Å². The third kappa shape index (κ3) is 5.46. The standard InChI is InChI=1S/C19H13ClN4O5S/c20-12-2-8-17(21-10-12)23-18(25)11-1-7-16(15(9-11)24(28)29)30-14-5-3-13(4-6-14)22-19(26)27/h1-10,22H,(H,26,27)(H,21,23,25). The van der Waals surface area contributed by atoms with Crippen LogP contribution in [0.4, 0.5) is 22.0 Å². The van der Waals surface area contributed by atoms with Crippen LogP contribution in [0.25, 0.3) is 0 Å². The van der Waals surface area contributed by atoms with Crippen molar-refractivity contribution in [3.05, 3.63) is 81.5 Å². The number of carboxylic acid groups (broad SMARTS) is 1. The van der Waals surface area contributed by atoms with E-state index in [0.29, 0.717) is 20.5 Å². The second-order valence-corrected chi connectivity index (χ2v) is 7.36. The van der Waals surface area contributed by atoms with Gasteiger partial charge in [0.25, 0.3) is 11.6 Å². The number of halogens is 1. The molecule has 152 valence electrons. The van der Waals surface area contributed by atoms with E-state index in [-0.39, 0.29) is 17.1 Å². The van der Waals surface area contributed by atoms with Crippen LogP contribution < -0.4 is 10.6 Å². The van der Waals surface area contributed by atoms with Crippen molar-refractivity contribution in [2.24, 2.45) is 0 Å². The number of nitrogens with one attached hydrogen (secondary N) is 2. The lowest BCUT2D eigenvalue weighted by molar-refractivity contribution is -0.387. The van der Waals surface area contributed by atoms with Crippen LogP contribution in [0, 0.1) is 10.1 Å². The summed E-state index contributed by atoms with van der Waals surface area (Å²) in [7, 11) is 0. The summed E-state index contributed by atoms with van der Waals surface area (Å²) in [6.07, 6.45) is 0.185. The number of nitro benzene ring substituents is 1. The van der Waals surface area contributed by atoms with E-state index in [1.165, 1.54) is 30.5 Å². The molecular formula is C19H13ClN4O5S. The van der Waals surface area contributed by atoms with Crippen molar-refractivity contribution in [1.29, 1.82) is 0 Å². The lowest BCUT2D eigenvalue weighted by atomic mass is 10.2. The monoisotopic (exact) mass is 444 g/mol. The van der Waals surface area contributed by atoms with Gasteiger partial charge in [-0.2, -0.15) is 0 Å². The fourth-order valence-corrected chi connectivity index (χ4v) is 3.39. The molecule has 0 saturated carbocycles. The van der Waals surface area contributed by atoms with Gasteiger partial charge < -0.3 is 10.4 Å². The summed E-state index contributed by atoms with van der Waals surface area (Å²) in [5.74, 6) is -0.283. The zero-order valence-corrected chi connectivity index (χ0v) is 16.6. The first-order valence-corrected chi connectivity index (χ1v) is 9.50. The van der Waals surface area contributed by atoms with E-state index >= 15 is 0 Å². The van der Waals surface area contributed by atoms with Crippen molar-refractivity contribution in [3.63, 3.8) is 0 Å². The first-order valence-electron chi connectivity index (χ1n) is 8.31. The van der Waals surface area contributed by atoms with Crippen molar-refractivity contribution in [3.8, 4) is 0 Å². The molecule has 0 fully saturated rings. The third-order valence-electron chi connectivity index (χ3n) is 3.72. The minimum atomic E-state index is -1.19. The van der Waals surface area contributed by atoms with Gasteiger partial charge >= 0.3 is 6.09 Å². The molecule has 0 aliphatic carbocycles. The third-order valence-corrected chi connectivity index (χ3v) is 5.02. The van der Waals surface area contributed by atoms with E-state index in [0.717, 1.165) is 11.8 Å². The Morgan fingerprint density at radius 1 is 1.07 bits per heavy atom. The number of benzene rings is 2. The molecule has 1 heterocycles. The molecule has 0 radical (unpaired) electrons. The molecule has 3 N–H and O–H groups in total. The van der Waals surface area contributed by atoms with Crippen LogP contribution in [-0.2, 0) is 0 Å². The Morgan fingerprint density at radius 2 is 1.80 bits per heavy atom. The van der Waals surface area contributed by atoms with Crippen LogP contribution >= 0.6 is 23.4 Å². The number of anilines is 2. The first kappa shape index (κ1) is 21.1. The van der Waals surface area contributed by atoms with E-state index in [4.69, 9.17) is 16.7 Å². The molecule has 11 heteroatoms. The molecule has 1 aromatic heterocycles. The van der Waals surface area contributed by atoms with E-state index < -0.39 is 16.9 Å². The summed E-state index contributed by atoms with van der Waals surface area (Å²) in [5, 5.41) is 25.4. The Hall–Kier alpha value is -3.63. The maximum Gasteiger partial charge on any atom is 0.409 e. The zero-order valence-electron chi connectivity index (χ0n) is 15.0. The fourth-order valence-electron chi connectivity index (χ4n) is 2.38. The van der Waals surface area contributed by atoms with Crippen LogP contribution in [0.1, 0.15) is 10.4 Å². The molecule has 0 saturated heterocycles. The van der Waals surface area contributed by atoms with Gasteiger partial charge in [-0.25, -0.2) is 9.78 Å². The average molecular weight is 445 g/mol. The second-order valence-electron chi connectivity index (χ2n) is 5.81. The van der Waals surface area contributed by atoms with Gasteiger partial charge in [0.1, 0.15) is 5.82 Å². The number of hydrogen-bond acceptors (Lipinski definition) is 6. The highest BCUT2D eigenvalue weighted by Crippen LogP contribution is 2.36. The number of nitrogens with zero attached hydrogens (tertiary/aromatic N) is 2. The van der Waals surface area contributed by atoms with Gasteiger partial charge in [0, 0.05) is 28.4 Å². The Balaban J connectivity index is 1.79. The normalized spacial score (nSPS) is 10.3. The highest BCUT2D eigenvalue weighted by molar-refractivity contribution is 7.99. The smallest absolute Gasteiger partial charge is 0.409 e. The largest absolute Gasteiger partial charge is 0.465 e.